The van der Waals surface area contributed by atoms with Gasteiger partial charge in [0.05, 0.1) is 0 Å². The molecule has 1 aromatic rings. The van der Waals surface area contributed by atoms with Crippen molar-refractivity contribution in [3.05, 3.63) is 34.9 Å². The third-order valence-corrected chi connectivity index (χ3v) is 4.04. The fourth-order valence-electron chi connectivity index (χ4n) is 3.16. The zero-order valence-electron chi connectivity index (χ0n) is 12.3. The lowest BCUT2D eigenvalue weighted by atomic mass is 9.79. The average Bonchev–Trinajstić information content (AvgIpc) is 2.32. The van der Waals surface area contributed by atoms with Gasteiger partial charge >= 0.3 is 0 Å². The summed E-state index contributed by atoms with van der Waals surface area (Å²) < 4.78 is 0. The van der Waals surface area contributed by atoms with Crippen LogP contribution in [0.4, 0.5) is 0 Å². The van der Waals surface area contributed by atoms with Crippen LogP contribution in [-0.4, -0.2) is 6.54 Å². The summed E-state index contributed by atoms with van der Waals surface area (Å²) in [6.45, 7) is 10.2. The van der Waals surface area contributed by atoms with E-state index in [0.717, 1.165) is 18.4 Å². The molecule has 0 saturated heterocycles. The second-order valence-electron chi connectivity index (χ2n) is 6.15. The number of hydrogen-bond acceptors (Lipinski definition) is 1. The van der Waals surface area contributed by atoms with Gasteiger partial charge in [0.15, 0.2) is 0 Å². The zero-order chi connectivity index (χ0) is 13.1. The molecule has 1 heteroatoms. The van der Waals surface area contributed by atoms with Gasteiger partial charge in [-0.15, -0.1) is 0 Å². The fourth-order valence-corrected chi connectivity index (χ4v) is 3.16. The van der Waals surface area contributed by atoms with E-state index >= 15 is 0 Å². The Labute approximate surface area is 112 Å². The van der Waals surface area contributed by atoms with Crippen LogP contribution in [0, 0.1) is 5.92 Å². The molecule has 2 atom stereocenters. The standard InChI is InChI=1S/C17H27N/c1-5-18-17-9-6-13(4)15-8-7-14(10-12(2)3)11-16(15)17/h7-8,11-13,17-18H,5-6,9-10H2,1-4H3. The van der Waals surface area contributed by atoms with E-state index in [0.29, 0.717) is 6.04 Å². The van der Waals surface area contributed by atoms with Crippen LogP contribution in [0.1, 0.15) is 69.2 Å². The topological polar surface area (TPSA) is 12.0 Å². The summed E-state index contributed by atoms with van der Waals surface area (Å²) >= 11 is 0. The molecule has 100 valence electrons. The predicted molar refractivity (Wildman–Crippen MR) is 79.1 cm³/mol. The van der Waals surface area contributed by atoms with E-state index in [1.807, 2.05) is 0 Å². The van der Waals surface area contributed by atoms with Gasteiger partial charge in [-0.3, -0.25) is 0 Å². The minimum Gasteiger partial charge on any atom is -0.310 e. The molecule has 18 heavy (non-hydrogen) atoms. The molecule has 2 rings (SSSR count). The van der Waals surface area contributed by atoms with Gasteiger partial charge < -0.3 is 5.32 Å². The van der Waals surface area contributed by atoms with E-state index in [1.54, 1.807) is 11.1 Å². The molecule has 0 radical (unpaired) electrons. The van der Waals surface area contributed by atoms with Gasteiger partial charge in [0.25, 0.3) is 0 Å². The molecule has 1 nitrogen and oxygen atoms in total. The second-order valence-corrected chi connectivity index (χ2v) is 6.15. The Balaban J connectivity index is 2.30. The van der Waals surface area contributed by atoms with Crippen molar-refractivity contribution in [2.75, 3.05) is 6.54 Å². The van der Waals surface area contributed by atoms with E-state index in [9.17, 15) is 0 Å². The first-order valence-corrected chi connectivity index (χ1v) is 7.48. The third kappa shape index (κ3) is 2.95. The summed E-state index contributed by atoms with van der Waals surface area (Å²) in [6.07, 6.45) is 3.79. The van der Waals surface area contributed by atoms with Crippen LogP contribution in [0.5, 0.6) is 0 Å². The molecule has 1 aliphatic carbocycles. The first-order chi connectivity index (χ1) is 8.61. The molecular weight excluding hydrogens is 218 g/mol. The lowest BCUT2D eigenvalue weighted by molar-refractivity contribution is 0.440. The van der Waals surface area contributed by atoms with Crippen LogP contribution in [0.15, 0.2) is 18.2 Å². The third-order valence-electron chi connectivity index (χ3n) is 4.04. The summed E-state index contributed by atoms with van der Waals surface area (Å²) in [5.41, 5.74) is 4.63. The zero-order valence-corrected chi connectivity index (χ0v) is 12.3. The maximum Gasteiger partial charge on any atom is 0.0323 e. The SMILES string of the molecule is CCNC1CCC(C)c2ccc(CC(C)C)cc21. The van der Waals surface area contributed by atoms with Crippen molar-refractivity contribution in [1.82, 2.24) is 5.32 Å². The Kier molecular flexibility index (Phi) is 4.45. The normalized spacial score (nSPS) is 23.2. The highest BCUT2D eigenvalue weighted by Crippen LogP contribution is 2.37. The van der Waals surface area contributed by atoms with Crippen LogP contribution >= 0.6 is 0 Å². The number of benzene rings is 1. The van der Waals surface area contributed by atoms with Crippen LogP contribution in [-0.2, 0) is 6.42 Å². The van der Waals surface area contributed by atoms with Gasteiger partial charge in [-0.25, -0.2) is 0 Å². The van der Waals surface area contributed by atoms with E-state index < -0.39 is 0 Å². The Hall–Kier alpha value is -0.820. The van der Waals surface area contributed by atoms with Gasteiger partial charge in [0.1, 0.15) is 0 Å². The highest BCUT2D eigenvalue weighted by Gasteiger charge is 2.24. The maximum atomic E-state index is 3.64. The molecule has 2 unspecified atom stereocenters. The average molecular weight is 245 g/mol. The first-order valence-electron chi connectivity index (χ1n) is 7.48. The molecule has 1 N–H and O–H groups in total. The molecular formula is C17H27N. The van der Waals surface area contributed by atoms with Gasteiger partial charge in [-0.1, -0.05) is 45.9 Å². The molecule has 0 heterocycles. The number of nitrogens with one attached hydrogen (secondary N) is 1. The second kappa shape index (κ2) is 5.88. The Morgan fingerprint density at radius 3 is 2.67 bits per heavy atom. The summed E-state index contributed by atoms with van der Waals surface area (Å²) in [7, 11) is 0. The van der Waals surface area contributed by atoms with Crippen molar-refractivity contribution in [2.45, 2.75) is 58.9 Å². The van der Waals surface area contributed by atoms with Crippen molar-refractivity contribution in [3.63, 3.8) is 0 Å². The predicted octanol–water partition coefficient (Wildman–Crippen LogP) is 4.43. The highest BCUT2D eigenvalue weighted by atomic mass is 14.9. The van der Waals surface area contributed by atoms with E-state index in [2.05, 4.69) is 51.2 Å². The van der Waals surface area contributed by atoms with Gasteiger partial charge in [0, 0.05) is 6.04 Å². The van der Waals surface area contributed by atoms with Crippen molar-refractivity contribution < 1.29 is 0 Å². The Bertz CT molecular complexity index is 395. The van der Waals surface area contributed by atoms with E-state index in [1.165, 1.54) is 24.8 Å². The molecule has 0 fully saturated rings. The lowest BCUT2D eigenvalue weighted by Crippen LogP contribution is -2.26. The maximum absolute atomic E-state index is 3.64. The van der Waals surface area contributed by atoms with Crippen LogP contribution in [0.3, 0.4) is 0 Å². The minimum absolute atomic E-state index is 0.577. The van der Waals surface area contributed by atoms with Crippen LogP contribution < -0.4 is 5.32 Å². The smallest absolute Gasteiger partial charge is 0.0323 e. The molecule has 0 spiro atoms. The molecule has 0 aliphatic heterocycles. The van der Waals surface area contributed by atoms with Crippen molar-refractivity contribution >= 4 is 0 Å². The van der Waals surface area contributed by atoms with Crippen molar-refractivity contribution in [3.8, 4) is 0 Å². The Morgan fingerprint density at radius 1 is 1.22 bits per heavy atom. The molecule has 0 saturated carbocycles. The first kappa shape index (κ1) is 13.6. The minimum atomic E-state index is 0.577. The molecule has 0 amide bonds. The molecule has 1 aliphatic rings. The van der Waals surface area contributed by atoms with Crippen LogP contribution in [0.25, 0.3) is 0 Å². The quantitative estimate of drug-likeness (QED) is 0.827. The number of hydrogen-bond donors (Lipinski definition) is 1. The molecule has 1 aromatic carbocycles. The molecule has 0 bridgehead atoms. The highest BCUT2D eigenvalue weighted by molar-refractivity contribution is 5.38. The Morgan fingerprint density at radius 2 is 2.00 bits per heavy atom. The largest absolute Gasteiger partial charge is 0.310 e. The summed E-state index contributed by atoms with van der Waals surface area (Å²) in [5, 5.41) is 3.64. The number of fused-ring (bicyclic) bond motifs is 1. The summed E-state index contributed by atoms with van der Waals surface area (Å²) in [5.74, 6) is 1.46. The number of rotatable bonds is 4. The van der Waals surface area contributed by atoms with E-state index in [4.69, 9.17) is 0 Å². The molecule has 0 aromatic heterocycles. The summed E-state index contributed by atoms with van der Waals surface area (Å²) in [4.78, 5) is 0. The van der Waals surface area contributed by atoms with Crippen molar-refractivity contribution in [1.29, 1.82) is 0 Å². The van der Waals surface area contributed by atoms with Gasteiger partial charge in [-0.05, 0) is 54.3 Å². The fraction of sp³-hybridized carbons (Fsp3) is 0.647. The lowest BCUT2D eigenvalue weighted by Gasteiger charge is -2.31. The van der Waals surface area contributed by atoms with Gasteiger partial charge in [-0.2, -0.15) is 0 Å². The van der Waals surface area contributed by atoms with Crippen LogP contribution in [0.2, 0.25) is 0 Å². The monoisotopic (exact) mass is 245 g/mol. The summed E-state index contributed by atoms with van der Waals surface area (Å²) in [6, 6.07) is 7.75. The van der Waals surface area contributed by atoms with Gasteiger partial charge in [0.2, 0.25) is 0 Å². The van der Waals surface area contributed by atoms with Crippen molar-refractivity contribution in [2.24, 2.45) is 5.92 Å². The van der Waals surface area contributed by atoms with E-state index in [-0.39, 0.29) is 0 Å².